The molecule has 8 heteroatoms. The minimum atomic E-state index is -0.470. The van der Waals surface area contributed by atoms with Gasteiger partial charge in [-0.05, 0) is 61.2 Å². The smallest absolute Gasteiger partial charge is 0.242 e. The van der Waals surface area contributed by atoms with Crippen LogP contribution in [0.25, 0.3) is 22.4 Å². The normalized spacial score (nSPS) is 22.9. The molecule has 1 aromatic carbocycles. The lowest BCUT2D eigenvalue weighted by Gasteiger charge is -2.23. The van der Waals surface area contributed by atoms with Gasteiger partial charge in [0.25, 0.3) is 0 Å². The van der Waals surface area contributed by atoms with Gasteiger partial charge in [0.05, 0.1) is 17.4 Å². The fourth-order valence-electron chi connectivity index (χ4n) is 4.76. The summed E-state index contributed by atoms with van der Waals surface area (Å²) in [5, 5.41) is 7.74. The number of likely N-dealkylation sites (N-methyl/N-ethyl adjacent to an activating group) is 1. The minimum absolute atomic E-state index is 0. The van der Waals surface area contributed by atoms with E-state index in [4.69, 9.17) is 0 Å². The molecule has 1 N–H and O–H groups in total. The van der Waals surface area contributed by atoms with E-state index in [-0.39, 0.29) is 30.2 Å². The Morgan fingerprint density at radius 3 is 2.65 bits per heavy atom. The molecule has 162 valence electrons. The van der Waals surface area contributed by atoms with E-state index in [1.165, 1.54) is 6.07 Å². The molecule has 3 aromatic rings. The van der Waals surface area contributed by atoms with Gasteiger partial charge in [0.1, 0.15) is 11.4 Å². The maximum Gasteiger partial charge on any atom is 0.242 e. The van der Waals surface area contributed by atoms with Gasteiger partial charge < -0.3 is 4.90 Å². The summed E-state index contributed by atoms with van der Waals surface area (Å²) in [6.07, 6.45) is 5.91. The Morgan fingerprint density at radius 2 is 1.94 bits per heavy atom. The van der Waals surface area contributed by atoms with Crippen molar-refractivity contribution in [3.8, 4) is 22.4 Å². The van der Waals surface area contributed by atoms with Crippen LogP contribution < -0.4 is 5.32 Å². The Balaban J connectivity index is 0.00000231. The van der Waals surface area contributed by atoms with Crippen molar-refractivity contribution >= 4 is 18.3 Å². The molecule has 1 spiro atoms. The fraction of sp³-hybridized carbons (Fsp3) is 0.348. The van der Waals surface area contributed by atoms with Crippen molar-refractivity contribution in [2.45, 2.75) is 30.8 Å². The molecule has 0 saturated carbocycles. The molecule has 0 unspecified atom stereocenters. The Hall–Kier alpha value is -2.77. The summed E-state index contributed by atoms with van der Waals surface area (Å²) < 4.78 is 16.5. The number of carbonyl (C=O) groups is 1. The van der Waals surface area contributed by atoms with Crippen molar-refractivity contribution in [2.75, 3.05) is 13.6 Å². The number of hydrogen-bond acceptors (Lipinski definition) is 4. The van der Waals surface area contributed by atoms with E-state index in [9.17, 15) is 9.18 Å². The number of benzene rings is 1. The van der Waals surface area contributed by atoms with E-state index in [2.05, 4.69) is 15.4 Å². The highest BCUT2D eigenvalue weighted by molar-refractivity contribution is 5.88. The molecule has 2 fully saturated rings. The highest BCUT2D eigenvalue weighted by atomic mass is 35.5. The van der Waals surface area contributed by atoms with Crippen LogP contribution >= 0.6 is 12.4 Å². The molecule has 1 amide bonds. The van der Waals surface area contributed by atoms with Crippen molar-refractivity contribution in [1.82, 2.24) is 25.0 Å². The number of hydrogen-bond donors (Lipinski definition) is 1. The molecule has 31 heavy (non-hydrogen) atoms. The van der Waals surface area contributed by atoms with Crippen molar-refractivity contribution in [3.63, 3.8) is 0 Å². The van der Waals surface area contributed by atoms with Crippen LogP contribution in [0.5, 0.6) is 0 Å². The van der Waals surface area contributed by atoms with Gasteiger partial charge in [0, 0.05) is 44.2 Å². The minimum Gasteiger partial charge on any atom is -0.344 e. The second-order valence-corrected chi connectivity index (χ2v) is 8.30. The van der Waals surface area contributed by atoms with Crippen LogP contribution in [0.15, 0.2) is 48.8 Å². The molecule has 4 heterocycles. The molecule has 6 nitrogen and oxygen atoms in total. The first kappa shape index (κ1) is 21.5. The molecule has 2 aliphatic heterocycles. The van der Waals surface area contributed by atoms with E-state index in [0.29, 0.717) is 5.56 Å². The number of nitrogens with zero attached hydrogens (tertiary/aromatic N) is 4. The lowest BCUT2D eigenvalue weighted by Crippen LogP contribution is -2.47. The van der Waals surface area contributed by atoms with E-state index >= 15 is 0 Å². The summed E-state index contributed by atoms with van der Waals surface area (Å²) in [5.74, 6) is -0.113. The van der Waals surface area contributed by atoms with Crippen LogP contribution in [-0.4, -0.2) is 44.7 Å². The van der Waals surface area contributed by atoms with E-state index < -0.39 is 5.54 Å². The van der Waals surface area contributed by atoms with Crippen LogP contribution in [0, 0.1) is 5.82 Å². The summed E-state index contributed by atoms with van der Waals surface area (Å²) in [5.41, 5.74) is 3.51. The number of amides is 1. The van der Waals surface area contributed by atoms with Gasteiger partial charge in [-0.1, -0.05) is 0 Å². The summed E-state index contributed by atoms with van der Waals surface area (Å²) >= 11 is 0. The molecule has 0 radical (unpaired) electrons. The van der Waals surface area contributed by atoms with Crippen molar-refractivity contribution in [3.05, 3.63) is 60.3 Å². The van der Waals surface area contributed by atoms with Crippen molar-refractivity contribution in [1.29, 1.82) is 0 Å². The molecule has 5 rings (SSSR count). The Morgan fingerprint density at radius 1 is 1.10 bits per heavy atom. The van der Waals surface area contributed by atoms with Crippen molar-refractivity contribution < 1.29 is 9.18 Å². The zero-order valence-corrected chi connectivity index (χ0v) is 18.3. The van der Waals surface area contributed by atoms with Crippen LogP contribution in [0.3, 0.4) is 0 Å². The molecule has 2 saturated heterocycles. The number of pyridine rings is 1. The largest absolute Gasteiger partial charge is 0.344 e. The standard InChI is InChI=1S/C23H24FN5O.ClH/c1-28-12-9-23(22(28)30)8-5-19(27-23)20-14-15(6-10-25-20)17-13-16(3-4-18(17)24)21-7-11-26-29(21)2;/h3-4,6-7,10-11,13-14,19,27H,5,8-9,12H2,1-2H3;1H/t19-,23+;/m1./s1. The number of rotatable bonds is 3. The lowest BCUT2D eigenvalue weighted by molar-refractivity contribution is -0.131. The maximum absolute atomic E-state index is 14.7. The molecular formula is C23H25ClFN5O. The second kappa shape index (κ2) is 8.05. The van der Waals surface area contributed by atoms with Gasteiger partial charge in [-0.15, -0.1) is 12.4 Å². The Kier molecular flexibility index (Phi) is 5.58. The lowest BCUT2D eigenvalue weighted by atomic mass is 9.96. The van der Waals surface area contributed by atoms with Crippen LogP contribution in [-0.2, 0) is 11.8 Å². The molecule has 0 bridgehead atoms. The number of nitrogens with one attached hydrogen (secondary N) is 1. The zero-order chi connectivity index (χ0) is 20.9. The number of carbonyl (C=O) groups excluding carboxylic acids is 1. The number of likely N-dealkylation sites (tertiary alicyclic amines) is 1. The second-order valence-electron chi connectivity index (χ2n) is 8.30. The summed E-state index contributed by atoms with van der Waals surface area (Å²) in [4.78, 5) is 18.9. The van der Waals surface area contributed by atoms with E-state index in [1.54, 1.807) is 28.0 Å². The highest BCUT2D eigenvalue weighted by Gasteiger charge is 2.50. The summed E-state index contributed by atoms with van der Waals surface area (Å²) in [6.45, 7) is 0.776. The van der Waals surface area contributed by atoms with Gasteiger partial charge in [0.15, 0.2) is 0 Å². The first-order valence-corrected chi connectivity index (χ1v) is 10.2. The number of aryl methyl sites for hydroxylation is 1. The Labute approximate surface area is 186 Å². The number of halogens is 2. The van der Waals surface area contributed by atoms with Crippen molar-refractivity contribution in [2.24, 2.45) is 7.05 Å². The highest BCUT2D eigenvalue weighted by Crippen LogP contribution is 2.39. The zero-order valence-electron chi connectivity index (χ0n) is 17.5. The Bertz CT molecular complexity index is 1130. The third-order valence-electron chi connectivity index (χ3n) is 6.47. The predicted molar refractivity (Wildman–Crippen MR) is 119 cm³/mol. The van der Waals surface area contributed by atoms with Gasteiger partial charge in [-0.3, -0.25) is 19.8 Å². The summed E-state index contributed by atoms with van der Waals surface area (Å²) in [7, 11) is 3.72. The summed E-state index contributed by atoms with van der Waals surface area (Å²) in [6, 6.07) is 10.8. The maximum atomic E-state index is 14.7. The van der Waals surface area contributed by atoms with Gasteiger partial charge >= 0.3 is 0 Å². The average molecular weight is 442 g/mol. The third-order valence-corrected chi connectivity index (χ3v) is 6.47. The van der Waals surface area contributed by atoms with E-state index in [1.807, 2.05) is 38.4 Å². The monoisotopic (exact) mass is 441 g/mol. The van der Waals surface area contributed by atoms with Gasteiger partial charge in [-0.2, -0.15) is 5.10 Å². The number of aromatic nitrogens is 3. The topological polar surface area (TPSA) is 63.1 Å². The molecule has 2 aromatic heterocycles. The molecule has 2 atom stereocenters. The van der Waals surface area contributed by atoms with E-state index in [0.717, 1.165) is 48.3 Å². The first-order valence-electron chi connectivity index (χ1n) is 10.2. The quantitative estimate of drug-likeness (QED) is 0.672. The average Bonchev–Trinajstić information content (AvgIpc) is 3.45. The van der Waals surface area contributed by atoms with Crippen LogP contribution in [0.4, 0.5) is 4.39 Å². The van der Waals surface area contributed by atoms with Crippen LogP contribution in [0.1, 0.15) is 31.0 Å². The van der Waals surface area contributed by atoms with Crippen LogP contribution in [0.2, 0.25) is 0 Å². The predicted octanol–water partition coefficient (Wildman–Crippen LogP) is 3.74. The SMILES string of the molecule is CN1CC[C@@]2(CC[C@H](c3cc(-c4cc(-c5ccnn5C)ccc4F)ccn3)N2)C1=O.Cl. The fourth-order valence-corrected chi connectivity index (χ4v) is 4.76. The molecular weight excluding hydrogens is 417 g/mol. The molecule has 0 aliphatic carbocycles. The van der Waals surface area contributed by atoms with Gasteiger partial charge in [-0.25, -0.2) is 4.39 Å². The first-order chi connectivity index (χ1) is 14.5. The van der Waals surface area contributed by atoms with Gasteiger partial charge in [0.2, 0.25) is 5.91 Å². The molecule has 2 aliphatic rings. The third kappa shape index (κ3) is 3.62.